The van der Waals surface area contributed by atoms with Gasteiger partial charge in [-0.05, 0) is 60.5 Å². The Labute approximate surface area is 192 Å². The number of nitrogens with one attached hydrogen (secondary N) is 1. The van der Waals surface area contributed by atoms with Crippen molar-refractivity contribution in [1.82, 2.24) is 5.32 Å². The van der Waals surface area contributed by atoms with E-state index in [1.165, 1.54) is 24.2 Å². The molecule has 2 bridgehead atoms. The summed E-state index contributed by atoms with van der Waals surface area (Å²) in [5, 5.41) is 14.6. The van der Waals surface area contributed by atoms with Crippen LogP contribution in [0.1, 0.15) is 66.3 Å². The van der Waals surface area contributed by atoms with Gasteiger partial charge < -0.3 is 5.32 Å². The van der Waals surface area contributed by atoms with E-state index < -0.39 is 10.7 Å². The number of carbonyl (C=O) groups is 2. The van der Waals surface area contributed by atoms with Crippen LogP contribution in [0.25, 0.3) is 0 Å². The predicted molar refractivity (Wildman–Crippen MR) is 125 cm³/mol. The highest BCUT2D eigenvalue weighted by atomic mass is 32.2. The summed E-state index contributed by atoms with van der Waals surface area (Å²) in [5.74, 6) is -0.0741. The first-order chi connectivity index (χ1) is 15.1. The summed E-state index contributed by atoms with van der Waals surface area (Å²) in [5.41, 5.74) is 0.839. The second kappa shape index (κ2) is 8.03. The zero-order chi connectivity index (χ0) is 23.3. The molecule has 2 fully saturated rings. The number of fused-ring (bicyclic) bond motifs is 2. The largest absolute Gasteiger partial charge is 0.349 e. The van der Waals surface area contributed by atoms with E-state index in [-0.39, 0.29) is 39.6 Å². The highest BCUT2D eigenvalue weighted by Gasteiger charge is 2.61. The molecule has 0 saturated heterocycles. The fourth-order valence-electron chi connectivity index (χ4n) is 5.67. The van der Waals surface area contributed by atoms with Crippen LogP contribution in [0, 0.1) is 26.9 Å². The first kappa shape index (κ1) is 22.5. The van der Waals surface area contributed by atoms with Gasteiger partial charge in [-0.2, -0.15) is 0 Å². The number of amides is 1. The molecule has 0 heterocycles. The summed E-state index contributed by atoms with van der Waals surface area (Å²) in [7, 11) is 0. The number of rotatable bonds is 6. The number of benzene rings is 2. The number of hydrogen-bond acceptors (Lipinski definition) is 5. The van der Waals surface area contributed by atoms with Crippen LogP contribution >= 0.6 is 11.8 Å². The van der Waals surface area contributed by atoms with Crippen molar-refractivity contribution in [3.8, 4) is 0 Å². The molecule has 2 saturated carbocycles. The molecule has 3 atom stereocenters. The van der Waals surface area contributed by atoms with E-state index in [4.69, 9.17) is 0 Å². The number of carbonyl (C=O) groups excluding carboxylic acids is 2. The zero-order valence-electron chi connectivity index (χ0n) is 18.8. The molecule has 0 radical (unpaired) electrons. The second-order valence-corrected chi connectivity index (χ2v) is 10.5. The summed E-state index contributed by atoms with van der Waals surface area (Å²) in [6, 6.07) is 11.2. The third-order valence-corrected chi connectivity index (χ3v) is 8.94. The maximum atomic E-state index is 13.3. The summed E-state index contributed by atoms with van der Waals surface area (Å²) in [4.78, 5) is 38.0. The van der Waals surface area contributed by atoms with Crippen LogP contribution in [-0.2, 0) is 0 Å². The summed E-state index contributed by atoms with van der Waals surface area (Å²) >= 11 is 1.25. The Bertz CT molecular complexity index is 1110. The Morgan fingerprint density at radius 2 is 1.81 bits per heavy atom. The zero-order valence-corrected chi connectivity index (χ0v) is 19.6. The molecule has 6 nitrogen and oxygen atoms in total. The summed E-state index contributed by atoms with van der Waals surface area (Å²) < 4.78 is 0. The van der Waals surface area contributed by atoms with E-state index in [9.17, 15) is 19.7 Å². The monoisotopic (exact) mass is 452 g/mol. The first-order valence-electron chi connectivity index (χ1n) is 10.9. The van der Waals surface area contributed by atoms with E-state index in [0.29, 0.717) is 16.4 Å². The maximum absolute atomic E-state index is 13.3. The molecule has 2 aliphatic carbocycles. The van der Waals surface area contributed by atoms with Gasteiger partial charge in [-0.1, -0.05) is 39.0 Å². The van der Waals surface area contributed by atoms with Crippen LogP contribution in [0.4, 0.5) is 5.69 Å². The molecular weight excluding hydrogens is 424 g/mol. The van der Waals surface area contributed by atoms with Crippen molar-refractivity contribution >= 4 is 29.1 Å². The van der Waals surface area contributed by atoms with Crippen LogP contribution in [-0.4, -0.2) is 28.9 Å². The molecule has 1 amide bonds. The van der Waals surface area contributed by atoms with Gasteiger partial charge in [-0.25, -0.2) is 0 Å². The van der Waals surface area contributed by atoms with Crippen LogP contribution in [0.3, 0.4) is 0 Å². The third-order valence-electron chi connectivity index (χ3n) is 8.15. The Kier molecular flexibility index (Phi) is 5.65. The van der Waals surface area contributed by atoms with Crippen molar-refractivity contribution in [2.45, 2.75) is 51.0 Å². The molecule has 168 valence electrons. The van der Waals surface area contributed by atoms with Gasteiger partial charge in [0.25, 0.3) is 11.6 Å². The minimum absolute atomic E-state index is 0.0283. The number of nitro benzene ring substituents is 1. The van der Waals surface area contributed by atoms with Gasteiger partial charge in [-0.15, -0.1) is 11.8 Å². The number of thioether (sulfide) groups is 1. The Balaban J connectivity index is 1.63. The number of nitro groups is 1. The van der Waals surface area contributed by atoms with Gasteiger partial charge in [-0.3, -0.25) is 19.7 Å². The molecule has 1 N–H and O–H groups in total. The minimum atomic E-state index is -0.487. The average molecular weight is 453 g/mol. The van der Waals surface area contributed by atoms with Crippen molar-refractivity contribution in [2.75, 3.05) is 6.26 Å². The molecule has 2 aliphatic rings. The maximum Gasteiger partial charge on any atom is 0.283 e. The van der Waals surface area contributed by atoms with E-state index in [1.54, 1.807) is 42.7 Å². The van der Waals surface area contributed by atoms with Gasteiger partial charge in [0.15, 0.2) is 5.78 Å². The van der Waals surface area contributed by atoms with E-state index in [0.717, 1.165) is 12.8 Å². The van der Waals surface area contributed by atoms with Crippen molar-refractivity contribution < 1.29 is 14.5 Å². The topological polar surface area (TPSA) is 89.3 Å². The van der Waals surface area contributed by atoms with E-state index >= 15 is 0 Å². The fourth-order valence-corrected chi connectivity index (χ4v) is 6.21. The van der Waals surface area contributed by atoms with Crippen LogP contribution in [0.5, 0.6) is 0 Å². The second-order valence-electron chi connectivity index (χ2n) is 9.65. The first-order valence-corrected chi connectivity index (χ1v) is 12.1. The quantitative estimate of drug-likeness (QED) is 0.271. The SMILES string of the molecule is CSc1ccc(C(=O)c2ccccc2C(=O)N[C@@H]2C[C@H]3CC[C@@]2(C)C3(C)C)cc1[N+](=O)[O-]. The molecular formula is C25H28N2O4S. The molecule has 4 rings (SSSR count). The van der Waals surface area contributed by atoms with Crippen LogP contribution in [0.15, 0.2) is 47.4 Å². The smallest absolute Gasteiger partial charge is 0.283 e. The summed E-state index contributed by atoms with van der Waals surface area (Å²) in [6.07, 6.45) is 4.98. The lowest BCUT2D eigenvalue weighted by molar-refractivity contribution is -0.387. The van der Waals surface area contributed by atoms with Gasteiger partial charge in [0, 0.05) is 23.2 Å². The molecule has 7 heteroatoms. The van der Waals surface area contributed by atoms with Gasteiger partial charge >= 0.3 is 0 Å². The molecule has 2 aromatic rings. The van der Waals surface area contributed by atoms with E-state index in [1.807, 2.05) is 0 Å². The van der Waals surface area contributed by atoms with Crippen LogP contribution in [0.2, 0.25) is 0 Å². The highest BCUT2D eigenvalue weighted by Crippen LogP contribution is 2.65. The predicted octanol–water partition coefficient (Wildman–Crippen LogP) is 5.49. The number of hydrogen-bond donors (Lipinski definition) is 1. The lowest BCUT2D eigenvalue weighted by Crippen LogP contribution is -2.47. The Hall–Kier alpha value is -2.67. The van der Waals surface area contributed by atoms with Crippen molar-refractivity contribution in [2.24, 2.45) is 16.7 Å². The average Bonchev–Trinajstić information content (AvgIpc) is 3.11. The molecule has 0 aromatic heterocycles. The lowest BCUT2D eigenvalue weighted by atomic mass is 9.69. The Morgan fingerprint density at radius 1 is 1.12 bits per heavy atom. The molecule has 32 heavy (non-hydrogen) atoms. The lowest BCUT2D eigenvalue weighted by Gasteiger charge is -2.39. The number of nitrogens with zero attached hydrogens (tertiary/aromatic N) is 1. The molecule has 0 spiro atoms. The van der Waals surface area contributed by atoms with Crippen molar-refractivity contribution in [3.63, 3.8) is 0 Å². The normalized spacial score (nSPS) is 25.5. The minimum Gasteiger partial charge on any atom is -0.349 e. The van der Waals surface area contributed by atoms with Gasteiger partial charge in [0.2, 0.25) is 0 Å². The number of ketones is 1. The van der Waals surface area contributed by atoms with E-state index in [2.05, 4.69) is 26.1 Å². The highest BCUT2D eigenvalue weighted by molar-refractivity contribution is 7.98. The van der Waals surface area contributed by atoms with Gasteiger partial charge in [0.1, 0.15) is 0 Å². The van der Waals surface area contributed by atoms with Gasteiger partial charge in [0.05, 0.1) is 15.4 Å². The molecule has 0 unspecified atom stereocenters. The third kappa shape index (κ3) is 3.43. The Morgan fingerprint density at radius 3 is 2.38 bits per heavy atom. The molecule has 2 aromatic carbocycles. The van der Waals surface area contributed by atoms with Crippen molar-refractivity contribution in [3.05, 3.63) is 69.3 Å². The summed E-state index contributed by atoms with van der Waals surface area (Å²) in [6.45, 7) is 6.84. The standard InChI is InChI=1S/C25H28N2O4S/c1-24(2)16-11-12-25(24,3)21(14-16)26-23(29)18-8-6-5-7-17(18)22(28)15-9-10-20(32-4)19(13-15)27(30)31/h5-10,13,16,21H,11-12,14H2,1-4H3,(H,26,29)/t16-,21-,25-/m1/s1. The van der Waals surface area contributed by atoms with Crippen molar-refractivity contribution in [1.29, 1.82) is 0 Å². The van der Waals surface area contributed by atoms with Crippen LogP contribution < -0.4 is 5.32 Å². The molecule has 0 aliphatic heterocycles. The fraction of sp³-hybridized carbons (Fsp3) is 0.440.